The lowest BCUT2D eigenvalue weighted by atomic mass is 9.97. The summed E-state index contributed by atoms with van der Waals surface area (Å²) < 4.78 is 36.3. The highest BCUT2D eigenvalue weighted by Crippen LogP contribution is 2.43. The van der Waals surface area contributed by atoms with Crippen LogP contribution in [0.25, 0.3) is 5.57 Å². The smallest absolute Gasteiger partial charge is 0.275 e. The molecule has 1 aliphatic rings. The molecule has 11 heteroatoms. The lowest BCUT2D eigenvalue weighted by molar-refractivity contribution is -0.116. The van der Waals surface area contributed by atoms with E-state index in [0.717, 1.165) is 6.08 Å². The van der Waals surface area contributed by atoms with Gasteiger partial charge in [0.2, 0.25) is 5.91 Å². The standard InChI is InChI=1S/C32H34F2N4O4.ClH/c1-4-42-28-12-8-6-10-25(28)30(40)36-23-15-13-22(14-16-23)31(41)38-19-17-32(33,34)26(24-9-5-7-11-27(24)38)21-29(39)35-18-20-37(2)3;/h5-16,21H,4,17-20H2,1-3H3,(H,35,39)(H,36,40);1H. The number of nitrogens with zero attached hydrogens (tertiary/aromatic N) is 2. The van der Waals surface area contributed by atoms with Crippen LogP contribution in [-0.2, 0) is 4.79 Å². The van der Waals surface area contributed by atoms with Crippen LogP contribution in [0.4, 0.5) is 20.2 Å². The molecule has 0 bridgehead atoms. The molecule has 4 rings (SSSR count). The highest BCUT2D eigenvalue weighted by atomic mass is 35.5. The Morgan fingerprint density at radius 2 is 1.67 bits per heavy atom. The zero-order valence-electron chi connectivity index (χ0n) is 24.2. The van der Waals surface area contributed by atoms with Crippen LogP contribution in [0.15, 0.2) is 78.9 Å². The third-order valence-corrected chi connectivity index (χ3v) is 6.73. The Kier molecular flexibility index (Phi) is 11.4. The van der Waals surface area contributed by atoms with Crippen LogP contribution >= 0.6 is 12.4 Å². The fraction of sp³-hybridized carbons (Fsp3) is 0.281. The van der Waals surface area contributed by atoms with E-state index in [0.29, 0.717) is 36.7 Å². The number of benzene rings is 3. The molecule has 0 unspecified atom stereocenters. The van der Waals surface area contributed by atoms with Crippen LogP contribution in [0.5, 0.6) is 5.75 Å². The third kappa shape index (κ3) is 8.18. The van der Waals surface area contributed by atoms with Gasteiger partial charge in [-0.25, -0.2) is 8.78 Å². The number of fused-ring (bicyclic) bond motifs is 1. The van der Waals surface area contributed by atoms with E-state index >= 15 is 8.78 Å². The minimum Gasteiger partial charge on any atom is -0.493 e. The Labute approximate surface area is 256 Å². The Hall–Kier alpha value is -4.28. The summed E-state index contributed by atoms with van der Waals surface area (Å²) in [7, 11) is 3.69. The summed E-state index contributed by atoms with van der Waals surface area (Å²) >= 11 is 0. The molecule has 0 spiro atoms. The number of anilines is 2. The van der Waals surface area contributed by atoms with Crippen LogP contribution < -0.4 is 20.3 Å². The third-order valence-electron chi connectivity index (χ3n) is 6.73. The second-order valence-electron chi connectivity index (χ2n) is 10.0. The van der Waals surface area contributed by atoms with E-state index in [2.05, 4.69) is 10.6 Å². The number of nitrogens with one attached hydrogen (secondary N) is 2. The maximum Gasteiger partial charge on any atom is 0.275 e. The molecule has 0 saturated carbocycles. The van der Waals surface area contributed by atoms with Gasteiger partial charge in [-0.3, -0.25) is 14.4 Å². The van der Waals surface area contributed by atoms with Gasteiger partial charge in [0.15, 0.2) is 0 Å². The highest BCUT2D eigenvalue weighted by molar-refractivity contribution is 6.10. The molecule has 0 aromatic heterocycles. The van der Waals surface area contributed by atoms with Crippen LogP contribution in [0.2, 0.25) is 0 Å². The van der Waals surface area contributed by atoms with Crippen LogP contribution in [0, 0.1) is 0 Å². The van der Waals surface area contributed by atoms with Crippen molar-refractivity contribution < 1.29 is 27.9 Å². The van der Waals surface area contributed by atoms with E-state index in [9.17, 15) is 14.4 Å². The van der Waals surface area contributed by atoms with E-state index in [-0.39, 0.29) is 41.7 Å². The van der Waals surface area contributed by atoms with E-state index in [1.807, 2.05) is 25.9 Å². The summed E-state index contributed by atoms with van der Waals surface area (Å²) in [5.41, 5.74) is 1.06. The van der Waals surface area contributed by atoms with Crippen molar-refractivity contribution in [3.05, 3.63) is 95.6 Å². The van der Waals surface area contributed by atoms with Gasteiger partial charge in [0.1, 0.15) is 5.75 Å². The van der Waals surface area contributed by atoms with Gasteiger partial charge >= 0.3 is 0 Å². The summed E-state index contributed by atoms with van der Waals surface area (Å²) in [6, 6.07) is 19.5. The number of rotatable bonds is 9. The topological polar surface area (TPSA) is 91.0 Å². The first kappa shape index (κ1) is 33.2. The largest absolute Gasteiger partial charge is 0.493 e. The SMILES string of the molecule is CCOc1ccccc1C(=O)Nc1ccc(C(=O)N2CCC(F)(F)C(=CC(=O)NCCN(C)C)c3ccccc32)cc1.Cl. The number of para-hydroxylation sites is 2. The van der Waals surface area contributed by atoms with Gasteiger partial charge in [-0.2, -0.15) is 0 Å². The average Bonchev–Trinajstić information content (AvgIpc) is 3.07. The second-order valence-corrected chi connectivity index (χ2v) is 10.0. The number of hydrogen-bond donors (Lipinski definition) is 2. The van der Waals surface area contributed by atoms with Crippen molar-refractivity contribution in [3.8, 4) is 5.75 Å². The van der Waals surface area contributed by atoms with Gasteiger partial charge in [0.05, 0.1) is 17.9 Å². The molecular weight excluding hydrogens is 578 g/mol. The molecule has 228 valence electrons. The average molecular weight is 613 g/mol. The van der Waals surface area contributed by atoms with Crippen molar-refractivity contribution in [2.75, 3.05) is 50.6 Å². The molecule has 43 heavy (non-hydrogen) atoms. The monoisotopic (exact) mass is 612 g/mol. The zero-order valence-corrected chi connectivity index (χ0v) is 25.0. The van der Waals surface area contributed by atoms with Gasteiger partial charge < -0.3 is 25.2 Å². The number of carbonyl (C=O) groups excluding carboxylic acids is 3. The highest BCUT2D eigenvalue weighted by Gasteiger charge is 2.41. The Bertz CT molecular complexity index is 1480. The number of hydrogen-bond acceptors (Lipinski definition) is 5. The molecule has 1 aliphatic heterocycles. The fourth-order valence-corrected chi connectivity index (χ4v) is 4.61. The van der Waals surface area contributed by atoms with Crippen LogP contribution in [-0.4, -0.2) is 68.9 Å². The minimum atomic E-state index is -3.34. The van der Waals surface area contributed by atoms with Crippen LogP contribution in [0.3, 0.4) is 0 Å². The minimum absolute atomic E-state index is 0. The van der Waals surface area contributed by atoms with Crippen molar-refractivity contribution >= 4 is 47.1 Å². The summed E-state index contributed by atoms with van der Waals surface area (Å²) in [5, 5.41) is 5.43. The molecule has 0 atom stereocenters. The quantitative estimate of drug-likeness (QED) is 0.311. The first-order chi connectivity index (χ1) is 20.1. The van der Waals surface area contributed by atoms with Crippen molar-refractivity contribution in [2.45, 2.75) is 19.3 Å². The number of ether oxygens (including phenoxy) is 1. The summed E-state index contributed by atoms with van der Waals surface area (Å²) in [5.74, 6) is -4.35. The van der Waals surface area contributed by atoms with Crippen molar-refractivity contribution in [1.82, 2.24) is 10.2 Å². The zero-order chi connectivity index (χ0) is 30.3. The molecule has 3 aromatic rings. The number of likely N-dealkylation sites (N-methyl/N-ethyl adjacent to an activating group) is 1. The van der Waals surface area contributed by atoms with Gasteiger partial charge in [0, 0.05) is 54.5 Å². The van der Waals surface area contributed by atoms with E-state index in [1.165, 1.54) is 23.1 Å². The van der Waals surface area contributed by atoms with Crippen molar-refractivity contribution in [2.24, 2.45) is 0 Å². The van der Waals surface area contributed by atoms with Gasteiger partial charge in [-0.05, 0) is 63.5 Å². The maximum atomic E-state index is 15.4. The molecule has 1 heterocycles. The molecular formula is C32H35ClF2N4O4. The predicted octanol–water partition coefficient (Wildman–Crippen LogP) is 5.51. The Balaban J connectivity index is 0.00000506. The lowest BCUT2D eigenvalue weighted by Gasteiger charge is -2.23. The van der Waals surface area contributed by atoms with Gasteiger partial charge in [-0.15, -0.1) is 12.4 Å². The fourth-order valence-electron chi connectivity index (χ4n) is 4.61. The lowest BCUT2D eigenvalue weighted by Crippen LogP contribution is -2.33. The maximum absolute atomic E-state index is 15.4. The molecule has 8 nitrogen and oxygen atoms in total. The summed E-state index contributed by atoms with van der Waals surface area (Å²) in [6.45, 7) is 2.86. The predicted molar refractivity (Wildman–Crippen MR) is 166 cm³/mol. The molecule has 3 aromatic carbocycles. The van der Waals surface area contributed by atoms with Crippen molar-refractivity contribution in [1.29, 1.82) is 0 Å². The van der Waals surface area contributed by atoms with Crippen LogP contribution in [0.1, 0.15) is 39.6 Å². The van der Waals surface area contributed by atoms with Gasteiger partial charge in [0.25, 0.3) is 17.7 Å². The number of alkyl halides is 2. The van der Waals surface area contributed by atoms with E-state index < -0.39 is 29.7 Å². The van der Waals surface area contributed by atoms with E-state index in [1.54, 1.807) is 54.6 Å². The first-order valence-corrected chi connectivity index (χ1v) is 13.7. The number of carbonyl (C=O) groups is 3. The normalized spacial score (nSPS) is 14.7. The number of halogens is 3. The van der Waals surface area contributed by atoms with E-state index in [4.69, 9.17) is 4.74 Å². The number of allylic oxidation sites excluding steroid dienone is 1. The number of amides is 3. The Morgan fingerprint density at radius 3 is 2.37 bits per heavy atom. The molecule has 3 amide bonds. The summed E-state index contributed by atoms with van der Waals surface area (Å²) in [6.07, 6.45) is 0.279. The molecule has 0 aliphatic carbocycles. The molecule has 0 saturated heterocycles. The van der Waals surface area contributed by atoms with Gasteiger partial charge in [-0.1, -0.05) is 30.3 Å². The molecule has 0 radical (unpaired) electrons. The first-order valence-electron chi connectivity index (χ1n) is 13.7. The Morgan fingerprint density at radius 1 is 1.00 bits per heavy atom. The second kappa shape index (κ2) is 14.8. The van der Waals surface area contributed by atoms with Crippen molar-refractivity contribution in [3.63, 3.8) is 0 Å². The molecule has 2 N–H and O–H groups in total. The molecule has 0 fully saturated rings. The summed E-state index contributed by atoms with van der Waals surface area (Å²) in [4.78, 5) is 42.1.